The van der Waals surface area contributed by atoms with E-state index in [1.54, 1.807) is 7.11 Å². The number of anilines is 2. The first-order valence-corrected chi connectivity index (χ1v) is 8.10. The van der Waals surface area contributed by atoms with Gasteiger partial charge < -0.3 is 19.6 Å². The number of methoxy groups -OCH3 is 1. The molecule has 0 amide bonds. The molecule has 1 aliphatic rings. The molecule has 0 spiro atoms. The van der Waals surface area contributed by atoms with Crippen LogP contribution in [-0.4, -0.2) is 67.3 Å². The molecule has 10 heteroatoms. The summed E-state index contributed by atoms with van der Waals surface area (Å²) >= 11 is 0. The molecule has 1 saturated heterocycles. The first-order valence-electron chi connectivity index (χ1n) is 8.10. The summed E-state index contributed by atoms with van der Waals surface area (Å²) in [5.74, 6) is 2.16. The first kappa shape index (κ1) is 17.2. The minimum absolute atomic E-state index is 0.129. The van der Waals surface area contributed by atoms with Crippen molar-refractivity contribution in [3.8, 4) is 6.01 Å². The Morgan fingerprint density at radius 2 is 1.80 bits per heavy atom. The molecular weight excluding hydrogens is 324 g/mol. The smallest absolute Gasteiger partial charge is 0.321 e. The van der Waals surface area contributed by atoms with Crippen LogP contribution in [0.25, 0.3) is 0 Å². The third-order valence-corrected chi connectivity index (χ3v) is 4.08. The molecule has 2 aromatic rings. The molecule has 0 radical (unpaired) electrons. The van der Waals surface area contributed by atoms with Gasteiger partial charge >= 0.3 is 6.01 Å². The number of aliphatic hydroxyl groups is 1. The zero-order valence-corrected chi connectivity index (χ0v) is 14.8. The maximum Gasteiger partial charge on any atom is 0.321 e. The third kappa shape index (κ3) is 3.58. The lowest BCUT2D eigenvalue weighted by atomic mass is 10.1. The quantitative estimate of drug-likeness (QED) is 0.809. The van der Waals surface area contributed by atoms with Gasteiger partial charge in [0.25, 0.3) is 0 Å². The highest BCUT2D eigenvalue weighted by Crippen LogP contribution is 2.24. The lowest BCUT2D eigenvalue weighted by Crippen LogP contribution is -2.58. The molecule has 0 bridgehead atoms. The molecule has 0 aromatic carbocycles. The van der Waals surface area contributed by atoms with Crippen molar-refractivity contribution in [2.24, 2.45) is 0 Å². The summed E-state index contributed by atoms with van der Waals surface area (Å²) in [7, 11) is 1.54. The highest BCUT2D eigenvalue weighted by molar-refractivity contribution is 5.41. The molecular formula is C15H22N8O2. The van der Waals surface area contributed by atoms with E-state index in [0.717, 1.165) is 0 Å². The molecule has 0 saturated carbocycles. The average Bonchev–Trinajstić information content (AvgIpc) is 2.60. The summed E-state index contributed by atoms with van der Waals surface area (Å²) in [6.07, 6.45) is 1.43. The summed E-state index contributed by atoms with van der Waals surface area (Å²) < 4.78 is 5.16. The Morgan fingerprint density at radius 1 is 1.08 bits per heavy atom. The van der Waals surface area contributed by atoms with Crippen LogP contribution in [0.5, 0.6) is 6.01 Å². The predicted octanol–water partition coefficient (Wildman–Crippen LogP) is -0.0305. The largest absolute Gasteiger partial charge is 0.467 e. The van der Waals surface area contributed by atoms with E-state index >= 15 is 0 Å². The molecule has 3 rings (SSSR count). The SMILES string of the molecule is COc1nc(C)nc(N2[C@H](C)CN(c3ncnc(CO)n3)C[C@@H]2C)n1. The van der Waals surface area contributed by atoms with Gasteiger partial charge in [0.2, 0.25) is 11.9 Å². The minimum atomic E-state index is -0.204. The normalized spacial score (nSPS) is 20.7. The van der Waals surface area contributed by atoms with E-state index in [9.17, 15) is 5.11 Å². The molecule has 0 unspecified atom stereocenters. The van der Waals surface area contributed by atoms with Crippen molar-refractivity contribution < 1.29 is 9.84 Å². The van der Waals surface area contributed by atoms with Gasteiger partial charge in [0.05, 0.1) is 7.11 Å². The van der Waals surface area contributed by atoms with Gasteiger partial charge in [-0.15, -0.1) is 0 Å². The number of hydrogen-bond donors (Lipinski definition) is 1. The fourth-order valence-corrected chi connectivity index (χ4v) is 3.08. The van der Waals surface area contributed by atoms with E-state index in [-0.39, 0.29) is 18.7 Å². The second-order valence-electron chi connectivity index (χ2n) is 6.04. The zero-order valence-electron chi connectivity index (χ0n) is 14.8. The Kier molecular flexibility index (Phi) is 4.88. The van der Waals surface area contributed by atoms with Crippen LogP contribution < -0.4 is 14.5 Å². The molecule has 3 heterocycles. The molecule has 134 valence electrons. The fraction of sp³-hybridized carbons (Fsp3) is 0.600. The van der Waals surface area contributed by atoms with Crippen LogP contribution in [0.1, 0.15) is 25.5 Å². The second kappa shape index (κ2) is 7.09. The molecule has 1 N–H and O–H groups in total. The van der Waals surface area contributed by atoms with Gasteiger partial charge in [0.1, 0.15) is 18.8 Å². The van der Waals surface area contributed by atoms with E-state index in [1.165, 1.54) is 6.33 Å². The number of hydrogen-bond acceptors (Lipinski definition) is 10. The zero-order chi connectivity index (χ0) is 18.0. The topological polar surface area (TPSA) is 113 Å². The highest BCUT2D eigenvalue weighted by Gasteiger charge is 2.33. The summed E-state index contributed by atoms with van der Waals surface area (Å²) in [5.41, 5.74) is 0. The average molecular weight is 346 g/mol. The van der Waals surface area contributed by atoms with E-state index < -0.39 is 0 Å². The lowest BCUT2D eigenvalue weighted by molar-refractivity contribution is 0.270. The van der Waals surface area contributed by atoms with Crippen LogP contribution in [0.4, 0.5) is 11.9 Å². The van der Waals surface area contributed by atoms with Gasteiger partial charge in [-0.2, -0.15) is 19.9 Å². The van der Waals surface area contributed by atoms with Crippen LogP contribution in [-0.2, 0) is 6.61 Å². The Balaban J connectivity index is 1.84. The van der Waals surface area contributed by atoms with Gasteiger partial charge in [-0.1, -0.05) is 0 Å². The van der Waals surface area contributed by atoms with E-state index in [1.807, 2.05) is 6.92 Å². The van der Waals surface area contributed by atoms with Crippen LogP contribution in [0, 0.1) is 6.92 Å². The van der Waals surface area contributed by atoms with Gasteiger partial charge in [0, 0.05) is 25.2 Å². The summed E-state index contributed by atoms with van der Waals surface area (Å²) in [6, 6.07) is 0.573. The van der Waals surface area contributed by atoms with Gasteiger partial charge in [-0.3, -0.25) is 0 Å². The Morgan fingerprint density at radius 3 is 2.44 bits per heavy atom. The number of aliphatic hydroxyl groups excluding tert-OH is 1. The first-order chi connectivity index (χ1) is 12.0. The minimum Gasteiger partial charge on any atom is -0.467 e. The van der Waals surface area contributed by atoms with Crippen molar-refractivity contribution in [1.82, 2.24) is 29.9 Å². The van der Waals surface area contributed by atoms with Crippen molar-refractivity contribution in [3.05, 3.63) is 18.0 Å². The summed E-state index contributed by atoms with van der Waals surface area (Å²) in [6.45, 7) is 7.22. The number of nitrogens with zero attached hydrogens (tertiary/aromatic N) is 8. The standard InChI is InChI=1S/C15H22N8O2/c1-9-5-22(13-17-8-16-12(7-24)20-13)6-10(2)23(9)14-18-11(3)19-15(21-14)25-4/h8-10,24H,5-7H2,1-4H3/t9-,10+. The molecule has 2 aromatic heterocycles. The van der Waals surface area contributed by atoms with E-state index in [0.29, 0.717) is 42.6 Å². The number of ether oxygens (including phenoxy) is 1. The molecule has 25 heavy (non-hydrogen) atoms. The lowest BCUT2D eigenvalue weighted by Gasteiger charge is -2.44. The van der Waals surface area contributed by atoms with Gasteiger partial charge in [-0.05, 0) is 20.8 Å². The number of piperazine rings is 1. The van der Waals surface area contributed by atoms with E-state index in [4.69, 9.17) is 4.74 Å². The van der Waals surface area contributed by atoms with E-state index in [2.05, 4.69) is 53.6 Å². The van der Waals surface area contributed by atoms with Crippen molar-refractivity contribution in [2.45, 2.75) is 39.5 Å². The predicted molar refractivity (Wildman–Crippen MR) is 90.5 cm³/mol. The number of aromatic nitrogens is 6. The maximum atomic E-state index is 9.22. The van der Waals surface area contributed by atoms with Crippen molar-refractivity contribution in [2.75, 3.05) is 30.0 Å². The maximum absolute atomic E-state index is 9.22. The fourth-order valence-electron chi connectivity index (χ4n) is 3.08. The molecule has 2 atom stereocenters. The number of aryl methyl sites for hydroxylation is 1. The van der Waals surface area contributed by atoms with Crippen LogP contribution in [0.15, 0.2) is 6.33 Å². The van der Waals surface area contributed by atoms with Crippen molar-refractivity contribution in [3.63, 3.8) is 0 Å². The molecule has 10 nitrogen and oxygen atoms in total. The molecule has 1 aliphatic heterocycles. The van der Waals surface area contributed by atoms with Gasteiger partial charge in [-0.25, -0.2) is 9.97 Å². The van der Waals surface area contributed by atoms with Crippen LogP contribution in [0.3, 0.4) is 0 Å². The third-order valence-electron chi connectivity index (χ3n) is 4.08. The Bertz CT molecular complexity index is 731. The number of rotatable bonds is 4. The Hall–Kier alpha value is -2.62. The Labute approximate surface area is 146 Å². The highest BCUT2D eigenvalue weighted by atomic mass is 16.5. The summed E-state index contributed by atoms with van der Waals surface area (Å²) in [4.78, 5) is 29.7. The second-order valence-corrected chi connectivity index (χ2v) is 6.04. The monoisotopic (exact) mass is 346 g/mol. The van der Waals surface area contributed by atoms with Crippen molar-refractivity contribution >= 4 is 11.9 Å². The van der Waals surface area contributed by atoms with Gasteiger partial charge in [0.15, 0.2) is 5.82 Å². The molecule has 1 fully saturated rings. The van der Waals surface area contributed by atoms with Crippen LogP contribution >= 0.6 is 0 Å². The van der Waals surface area contributed by atoms with Crippen molar-refractivity contribution in [1.29, 1.82) is 0 Å². The van der Waals surface area contributed by atoms with Crippen LogP contribution in [0.2, 0.25) is 0 Å². The summed E-state index contributed by atoms with van der Waals surface area (Å²) in [5, 5.41) is 9.22. The molecule has 0 aliphatic carbocycles.